The average Bonchev–Trinajstić information content (AvgIpc) is 3.31. The Morgan fingerprint density at radius 1 is 1.16 bits per heavy atom. The first-order valence-electron chi connectivity index (χ1n) is 11.1. The van der Waals surface area contributed by atoms with Crippen molar-refractivity contribution in [2.45, 2.75) is 59.5 Å². The number of nitrogens with one attached hydrogen (secondary N) is 1. The molecule has 1 saturated heterocycles. The number of benzene rings is 1. The van der Waals surface area contributed by atoms with Crippen LogP contribution in [0.3, 0.4) is 0 Å². The van der Waals surface area contributed by atoms with Crippen LogP contribution in [0.5, 0.6) is 11.8 Å². The van der Waals surface area contributed by atoms with E-state index in [-0.39, 0.29) is 28.5 Å². The van der Waals surface area contributed by atoms with Crippen molar-refractivity contribution < 1.29 is 15.0 Å². The molecule has 2 bridgehead atoms. The Kier molecular flexibility index (Phi) is 4.24. The van der Waals surface area contributed by atoms with Gasteiger partial charge in [0.15, 0.2) is 5.88 Å². The van der Waals surface area contributed by atoms with E-state index in [1.807, 2.05) is 31.3 Å². The Balaban J connectivity index is 1.53. The first-order chi connectivity index (χ1) is 14.6. The molecule has 1 saturated carbocycles. The zero-order valence-corrected chi connectivity index (χ0v) is 18.7. The summed E-state index contributed by atoms with van der Waals surface area (Å²) < 4.78 is 1.45. The number of hydrogen-bond donors (Lipinski definition) is 3. The molecule has 6 nitrogen and oxygen atoms in total. The SMILES string of the molecule is CCn1c(O)cc(-c2c[nH]c3ccc(C(=O)N4CC5(C)CC4CC(C)(C)C5)cc23)c1O. The first kappa shape index (κ1) is 20.0. The fourth-order valence-corrected chi connectivity index (χ4v) is 6.38. The van der Waals surface area contributed by atoms with Crippen LogP contribution < -0.4 is 0 Å². The number of carbonyl (C=O) groups is 1. The second-order valence-electron chi connectivity index (χ2n) is 10.6. The van der Waals surface area contributed by atoms with Gasteiger partial charge in [0, 0.05) is 59.0 Å². The van der Waals surface area contributed by atoms with Crippen molar-refractivity contribution in [1.82, 2.24) is 14.5 Å². The summed E-state index contributed by atoms with van der Waals surface area (Å²) in [5, 5.41) is 21.6. The predicted octanol–water partition coefficient (Wildman–Crippen LogP) is 5.11. The number of nitrogens with zero attached hydrogens (tertiary/aromatic N) is 2. The van der Waals surface area contributed by atoms with E-state index in [9.17, 15) is 15.0 Å². The second-order valence-corrected chi connectivity index (χ2v) is 10.6. The zero-order chi connectivity index (χ0) is 22.1. The van der Waals surface area contributed by atoms with Crippen LogP contribution in [0.2, 0.25) is 0 Å². The quantitative estimate of drug-likeness (QED) is 0.550. The summed E-state index contributed by atoms with van der Waals surface area (Å²) in [5.41, 5.74) is 3.34. The van der Waals surface area contributed by atoms with Crippen LogP contribution in [0, 0.1) is 10.8 Å². The highest BCUT2D eigenvalue weighted by Gasteiger charge is 2.51. The average molecular weight is 422 g/mol. The van der Waals surface area contributed by atoms with E-state index >= 15 is 0 Å². The molecule has 2 aliphatic rings. The largest absolute Gasteiger partial charge is 0.494 e. The molecule has 2 unspecified atom stereocenters. The first-order valence-corrected chi connectivity index (χ1v) is 11.1. The van der Waals surface area contributed by atoms with Gasteiger partial charge in [0.05, 0.1) is 0 Å². The Labute approximate surface area is 182 Å². The summed E-state index contributed by atoms with van der Waals surface area (Å²) in [4.78, 5) is 18.9. The van der Waals surface area contributed by atoms with Crippen LogP contribution in [0.1, 0.15) is 57.3 Å². The summed E-state index contributed by atoms with van der Waals surface area (Å²) in [7, 11) is 0. The van der Waals surface area contributed by atoms with Gasteiger partial charge in [-0.3, -0.25) is 9.36 Å². The molecular formula is C25H31N3O3. The molecule has 1 amide bonds. The molecule has 3 N–H and O–H groups in total. The maximum absolute atomic E-state index is 13.5. The van der Waals surface area contributed by atoms with Crippen molar-refractivity contribution in [3.05, 3.63) is 36.0 Å². The van der Waals surface area contributed by atoms with Crippen LogP contribution in [0.4, 0.5) is 0 Å². The number of carbonyl (C=O) groups excluding carboxylic acids is 1. The lowest BCUT2D eigenvalue weighted by atomic mass is 9.65. The third-order valence-corrected chi connectivity index (χ3v) is 7.26. The van der Waals surface area contributed by atoms with Gasteiger partial charge in [0.1, 0.15) is 0 Å². The van der Waals surface area contributed by atoms with E-state index in [1.54, 1.807) is 6.07 Å². The fourth-order valence-electron chi connectivity index (χ4n) is 6.38. The Bertz CT molecular complexity index is 1190. The van der Waals surface area contributed by atoms with E-state index in [1.165, 1.54) is 4.57 Å². The lowest BCUT2D eigenvalue weighted by Crippen LogP contribution is -2.37. The molecule has 1 aliphatic carbocycles. The molecule has 31 heavy (non-hydrogen) atoms. The molecule has 2 fully saturated rings. The van der Waals surface area contributed by atoms with Crippen molar-refractivity contribution in [3.63, 3.8) is 0 Å². The fraction of sp³-hybridized carbons (Fsp3) is 0.480. The third kappa shape index (κ3) is 3.11. The highest BCUT2D eigenvalue weighted by atomic mass is 16.3. The molecule has 1 aliphatic heterocycles. The maximum atomic E-state index is 13.5. The number of H-pyrrole nitrogens is 1. The molecule has 6 heteroatoms. The van der Waals surface area contributed by atoms with E-state index in [0.29, 0.717) is 23.7 Å². The van der Waals surface area contributed by atoms with Gasteiger partial charge in [-0.05, 0) is 55.2 Å². The van der Waals surface area contributed by atoms with Crippen LogP contribution >= 0.6 is 0 Å². The van der Waals surface area contributed by atoms with Crippen molar-refractivity contribution in [2.24, 2.45) is 10.8 Å². The standard InChI is InChI=1S/C25H31N3O3/c1-5-27-21(29)9-18(23(27)31)19-12-26-20-7-6-15(8-17(19)20)22(30)28-14-25(4)11-16(28)10-24(2,3)13-25/h6-9,12,16,26,29,31H,5,10-11,13-14H2,1-4H3. The highest BCUT2D eigenvalue weighted by Crippen LogP contribution is 2.52. The minimum Gasteiger partial charge on any atom is -0.494 e. The minimum absolute atomic E-state index is 0.0248. The van der Waals surface area contributed by atoms with Crippen LogP contribution in [0.15, 0.2) is 30.5 Å². The summed E-state index contributed by atoms with van der Waals surface area (Å²) in [6.07, 6.45) is 5.10. The van der Waals surface area contributed by atoms with Gasteiger partial charge in [0.2, 0.25) is 5.88 Å². The molecule has 2 aromatic heterocycles. The van der Waals surface area contributed by atoms with Crippen molar-refractivity contribution >= 4 is 16.8 Å². The monoisotopic (exact) mass is 421 g/mol. The normalized spacial score (nSPS) is 24.8. The molecule has 2 atom stereocenters. The van der Waals surface area contributed by atoms with Gasteiger partial charge in [0.25, 0.3) is 5.91 Å². The summed E-state index contributed by atoms with van der Waals surface area (Å²) in [5.74, 6) is 0.136. The number of amides is 1. The van der Waals surface area contributed by atoms with Gasteiger partial charge in [-0.1, -0.05) is 20.8 Å². The summed E-state index contributed by atoms with van der Waals surface area (Å²) in [6.45, 7) is 10.1. The van der Waals surface area contributed by atoms with Gasteiger partial charge >= 0.3 is 0 Å². The number of fused-ring (bicyclic) bond motifs is 3. The van der Waals surface area contributed by atoms with Crippen molar-refractivity contribution in [2.75, 3.05) is 6.54 Å². The van der Waals surface area contributed by atoms with E-state index in [0.717, 1.165) is 42.3 Å². The maximum Gasteiger partial charge on any atom is 0.254 e. The number of aromatic amines is 1. The Morgan fingerprint density at radius 3 is 2.65 bits per heavy atom. The van der Waals surface area contributed by atoms with Crippen LogP contribution in [-0.2, 0) is 6.54 Å². The smallest absolute Gasteiger partial charge is 0.254 e. The lowest BCUT2D eigenvalue weighted by molar-refractivity contribution is 0.0708. The molecule has 5 rings (SSSR count). The van der Waals surface area contributed by atoms with E-state index in [4.69, 9.17) is 0 Å². The van der Waals surface area contributed by atoms with Gasteiger partial charge in [-0.25, -0.2) is 0 Å². The minimum atomic E-state index is 0.0248. The number of likely N-dealkylation sites (tertiary alicyclic amines) is 1. The molecule has 0 spiro atoms. The third-order valence-electron chi connectivity index (χ3n) is 7.26. The van der Waals surface area contributed by atoms with Crippen LogP contribution in [0.25, 0.3) is 22.0 Å². The van der Waals surface area contributed by atoms with Gasteiger partial charge in [-0.2, -0.15) is 0 Å². The molecule has 3 aromatic rings. The molecular weight excluding hydrogens is 390 g/mol. The topological polar surface area (TPSA) is 81.5 Å². The van der Waals surface area contributed by atoms with Crippen molar-refractivity contribution in [1.29, 1.82) is 0 Å². The summed E-state index contributed by atoms with van der Waals surface area (Å²) in [6, 6.07) is 7.59. The second kappa shape index (κ2) is 6.55. The zero-order valence-electron chi connectivity index (χ0n) is 18.7. The number of hydrogen-bond acceptors (Lipinski definition) is 3. The van der Waals surface area contributed by atoms with Gasteiger partial charge < -0.3 is 20.1 Å². The number of aromatic nitrogens is 2. The van der Waals surface area contributed by atoms with Crippen LogP contribution in [-0.4, -0.2) is 43.2 Å². The Hall–Kier alpha value is -2.89. The molecule has 3 heterocycles. The molecule has 0 radical (unpaired) electrons. The summed E-state index contributed by atoms with van der Waals surface area (Å²) >= 11 is 0. The van der Waals surface area contributed by atoms with E-state index < -0.39 is 0 Å². The van der Waals surface area contributed by atoms with Gasteiger partial charge in [-0.15, -0.1) is 0 Å². The van der Waals surface area contributed by atoms with E-state index in [2.05, 4.69) is 30.7 Å². The number of aromatic hydroxyl groups is 2. The molecule has 1 aromatic carbocycles. The van der Waals surface area contributed by atoms with Crippen molar-refractivity contribution in [3.8, 4) is 22.9 Å². The highest BCUT2D eigenvalue weighted by molar-refractivity contribution is 6.03. The lowest BCUT2D eigenvalue weighted by Gasteiger charge is -2.39. The number of rotatable bonds is 3. The predicted molar refractivity (Wildman–Crippen MR) is 121 cm³/mol. The molecule has 164 valence electrons. The Morgan fingerprint density at radius 2 is 1.94 bits per heavy atom.